The Hall–Kier alpha value is -3.01. The number of carbonyl (C=O) groups is 2. The van der Waals surface area contributed by atoms with Crippen molar-refractivity contribution in [2.24, 2.45) is 5.41 Å². The second-order valence-electron chi connectivity index (χ2n) is 9.41. The summed E-state index contributed by atoms with van der Waals surface area (Å²) in [6, 6.07) is 2.18. The summed E-state index contributed by atoms with van der Waals surface area (Å²) in [7, 11) is 1.52. The van der Waals surface area contributed by atoms with Crippen LogP contribution in [-0.4, -0.2) is 73.6 Å². The average Bonchev–Trinajstić information content (AvgIpc) is 3.33. The molecule has 0 radical (unpaired) electrons. The molecular weight excluding hydrogens is 412 g/mol. The van der Waals surface area contributed by atoms with Crippen LogP contribution in [0.25, 0.3) is 11.3 Å². The number of carbonyl (C=O) groups excluding carboxylic acids is 2. The van der Waals surface area contributed by atoms with Gasteiger partial charge in [-0.2, -0.15) is 0 Å². The van der Waals surface area contributed by atoms with E-state index < -0.39 is 23.6 Å². The van der Waals surface area contributed by atoms with Crippen LogP contribution in [0.1, 0.15) is 47.1 Å². The second kappa shape index (κ2) is 9.23. The molecule has 0 spiro atoms. The Labute approximate surface area is 188 Å². The Bertz CT molecular complexity index is 950. The zero-order valence-electron chi connectivity index (χ0n) is 19.4. The molecule has 174 valence electrons. The van der Waals surface area contributed by atoms with Crippen LogP contribution in [0.3, 0.4) is 0 Å². The van der Waals surface area contributed by atoms with Gasteiger partial charge in [0, 0.05) is 37.8 Å². The Morgan fingerprint density at radius 3 is 2.56 bits per heavy atom. The van der Waals surface area contributed by atoms with E-state index >= 15 is 0 Å². The molecule has 0 saturated carbocycles. The first-order valence-electron chi connectivity index (χ1n) is 10.8. The first kappa shape index (κ1) is 23.6. The lowest BCUT2D eigenvalue weighted by molar-refractivity contribution is -0.144. The molecule has 1 aliphatic rings. The van der Waals surface area contributed by atoms with Crippen molar-refractivity contribution in [3.63, 3.8) is 0 Å². The number of likely N-dealkylation sites (N-methyl/N-ethyl adjacent to an activating group) is 1. The van der Waals surface area contributed by atoms with Crippen LogP contribution in [0.5, 0.6) is 5.88 Å². The number of pyridine rings is 1. The lowest BCUT2D eigenvalue weighted by Gasteiger charge is -2.34. The van der Waals surface area contributed by atoms with E-state index in [1.54, 1.807) is 18.5 Å². The van der Waals surface area contributed by atoms with E-state index in [2.05, 4.69) is 20.6 Å². The molecule has 0 bridgehead atoms. The SMILES string of the molecule is CNC(=O)C1CC(O)CN1C(=O)[C@@H](n1cc(-c2ccc(OC(C)C)nc2)nn1)C(C)(C)C. The molecule has 3 heterocycles. The highest BCUT2D eigenvalue weighted by atomic mass is 16.5. The number of nitrogens with one attached hydrogen (secondary N) is 1. The zero-order chi connectivity index (χ0) is 23.6. The molecule has 32 heavy (non-hydrogen) atoms. The molecule has 2 N–H and O–H groups in total. The molecule has 0 aliphatic carbocycles. The molecule has 10 nitrogen and oxygen atoms in total. The summed E-state index contributed by atoms with van der Waals surface area (Å²) in [4.78, 5) is 31.6. The van der Waals surface area contributed by atoms with Crippen molar-refractivity contribution >= 4 is 11.8 Å². The summed E-state index contributed by atoms with van der Waals surface area (Å²) in [5.41, 5.74) is 0.794. The molecule has 3 atom stereocenters. The Balaban J connectivity index is 1.88. The van der Waals surface area contributed by atoms with E-state index in [0.29, 0.717) is 11.6 Å². The van der Waals surface area contributed by atoms with Gasteiger partial charge in [0.2, 0.25) is 17.7 Å². The molecule has 1 aliphatic heterocycles. The lowest BCUT2D eigenvalue weighted by atomic mass is 9.85. The summed E-state index contributed by atoms with van der Waals surface area (Å²) >= 11 is 0. The van der Waals surface area contributed by atoms with Crippen LogP contribution in [0.15, 0.2) is 24.5 Å². The van der Waals surface area contributed by atoms with Gasteiger partial charge in [-0.25, -0.2) is 9.67 Å². The van der Waals surface area contributed by atoms with Crippen molar-refractivity contribution in [2.45, 2.75) is 65.3 Å². The molecule has 2 aromatic heterocycles. The second-order valence-corrected chi connectivity index (χ2v) is 9.41. The maximum absolute atomic E-state index is 13.6. The minimum atomic E-state index is -0.745. The first-order chi connectivity index (χ1) is 15.0. The summed E-state index contributed by atoms with van der Waals surface area (Å²) < 4.78 is 7.10. The number of hydrogen-bond acceptors (Lipinski definition) is 7. The third-order valence-electron chi connectivity index (χ3n) is 5.33. The van der Waals surface area contributed by atoms with E-state index in [0.717, 1.165) is 5.56 Å². The smallest absolute Gasteiger partial charge is 0.248 e. The van der Waals surface area contributed by atoms with E-state index in [9.17, 15) is 14.7 Å². The van der Waals surface area contributed by atoms with Crippen molar-refractivity contribution in [1.82, 2.24) is 30.2 Å². The Kier molecular flexibility index (Phi) is 6.82. The Morgan fingerprint density at radius 1 is 1.28 bits per heavy atom. The highest BCUT2D eigenvalue weighted by Gasteiger charge is 2.45. The largest absolute Gasteiger partial charge is 0.475 e. The van der Waals surface area contributed by atoms with Gasteiger partial charge in [-0.3, -0.25) is 9.59 Å². The van der Waals surface area contributed by atoms with Gasteiger partial charge >= 0.3 is 0 Å². The zero-order valence-corrected chi connectivity index (χ0v) is 19.4. The van der Waals surface area contributed by atoms with Crippen LogP contribution in [0.2, 0.25) is 0 Å². The number of aromatic nitrogens is 4. The molecule has 1 saturated heterocycles. The fourth-order valence-electron chi connectivity index (χ4n) is 3.89. The number of hydrogen-bond donors (Lipinski definition) is 2. The highest BCUT2D eigenvalue weighted by Crippen LogP contribution is 2.35. The topological polar surface area (TPSA) is 122 Å². The average molecular weight is 445 g/mol. The monoisotopic (exact) mass is 444 g/mol. The third-order valence-corrected chi connectivity index (χ3v) is 5.33. The van der Waals surface area contributed by atoms with Crippen molar-refractivity contribution in [3.05, 3.63) is 24.5 Å². The maximum Gasteiger partial charge on any atom is 0.248 e. The molecule has 2 amide bonds. The molecule has 2 unspecified atom stereocenters. The number of rotatable bonds is 6. The number of β-amino-alcohol motifs (C(OH)–C–C–N with tert-alkyl or cyclic N) is 1. The van der Waals surface area contributed by atoms with E-state index in [1.807, 2.05) is 40.7 Å². The maximum atomic E-state index is 13.6. The van der Waals surface area contributed by atoms with Crippen LogP contribution in [0, 0.1) is 5.41 Å². The Morgan fingerprint density at radius 2 is 2.00 bits per heavy atom. The highest BCUT2D eigenvalue weighted by molar-refractivity contribution is 5.90. The minimum Gasteiger partial charge on any atom is -0.475 e. The van der Waals surface area contributed by atoms with Gasteiger partial charge < -0.3 is 20.1 Å². The van der Waals surface area contributed by atoms with Gasteiger partial charge in [0.1, 0.15) is 17.8 Å². The van der Waals surface area contributed by atoms with Crippen molar-refractivity contribution in [3.8, 4) is 17.1 Å². The van der Waals surface area contributed by atoms with Crippen LogP contribution >= 0.6 is 0 Å². The standard InChI is InChI=1S/C22H32N6O4/c1-13(2)32-18-8-7-14(10-24-18)16-12-28(26-25-16)19(22(3,4)5)21(31)27-11-15(29)9-17(27)20(30)23-6/h7-8,10,12-13,15,17,19,29H,9,11H2,1-6H3,(H,23,30)/t15?,17?,19-/m1/s1. The van der Waals surface area contributed by atoms with Crippen molar-refractivity contribution in [2.75, 3.05) is 13.6 Å². The van der Waals surface area contributed by atoms with E-state index in [-0.39, 0.29) is 30.9 Å². The normalized spacial score (nSPS) is 19.8. The van der Waals surface area contributed by atoms with Crippen LogP contribution in [0.4, 0.5) is 0 Å². The van der Waals surface area contributed by atoms with Gasteiger partial charge in [-0.1, -0.05) is 26.0 Å². The fourth-order valence-corrected chi connectivity index (χ4v) is 3.89. The summed E-state index contributed by atoms with van der Waals surface area (Å²) in [6.07, 6.45) is 2.84. The molecule has 3 rings (SSSR count). The summed E-state index contributed by atoms with van der Waals surface area (Å²) in [5, 5.41) is 21.2. The van der Waals surface area contributed by atoms with Gasteiger partial charge in [-0.15, -0.1) is 5.10 Å². The van der Waals surface area contributed by atoms with E-state index in [4.69, 9.17) is 4.74 Å². The number of likely N-dealkylation sites (tertiary alicyclic amines) is 1. The fraction of sp³-hybridized carbons (Fsp3) is 0.591. The van der Waals surface area contributed by atoms with E-state index in [1.165, 1.54) is 16.6 Å². The number of nitrogens with zero attached hydrogens (tertiary/aromatic N) is 5. The van der Waals surface area contributed by atoms with Gasteiger partial charge in [0.05, 0.1) is 18.4 Å². The molecule has 10 heteroatoms. The molecule has 0 aromatic carbocycles. The van der Waals surface area contributed by atoms with Crippen LogP contribution in [-0.2, 0) is 9.59 Å². The molecular formula is C22H32N6O4. The van der Waals surface area contributed by atoms with Gasteiger partial charge in [0.25, 0.3) is 0 Å². The third kappa shape index (κ3) is 5.07. The summed E-state index contributed by atoms with van der Waals surface area (Å²) in [6.45, 7) is 9.75. The van der Waals surface area contributed by atoms with Crippen molar-refractivity contribution < 1.29 is 19.4 Å². The summed E-state index contributed by atoms with van der Waals surface area (Å²) in [5.74, 6) is -0.0544. The van der Waals surface area contributed by atoms with Gasteiger partial charge in [-0.05, 0) is 25.3 Å². The first-order valence-corrected chi connectivity index (χ1v) is 10.8. The minimum absolute atomic E-state index is 0.0236. The molecule has 2 aromatic rings. The molecule has 1 fully saturated rings. The number of aliphatic hydroxyl groups is 1. The quantitative estimate of drug-likeness (QED) is 0.691. The van der Waals surface area contributed by atoms with Crippen LogP contribution < -0.4 is 10.1 Å². The number of amides is 2. The van der Waals surface area contributed by atoms with Crippen molar-refractivity contribution in [1.29, 1.82) is 0 Å². The predicted octanol–water partition coefficient (Wildman–Crippen LogP) is 1.42. The predicted molar refractivity (Wildman–Crippen MR) is 118 cm³/mol. The number of aliphatic hydroxyl groups excluding tert-OH is 1. The lowest BCUT2D eigenvalue weighted by Crippen LogP contribution is -2.49. The number of ether oxygens (including phenoxy) is 1. The van der Waals surface area contributed by atoms with Gasteiger partial charge in [0.15, 0.2) is 0 Å².